The highest BCUT2D eigenvalue weighted by Gasteiger charge is 2.25. The molecule has 9 nitrogen and oxygen atoms in total. The molecule has 0 spiro atoms. The van der Waals surface area contributed by atoms with E-state index in [1.807, 2.05) is 45.9 Å². The van der Waals surface area contributed by atoms with Crippen molar-refractivity contribution in [3.05, 3.63) is 24.0 Å². The molecule has 9 heteroatoms. The summed E-state index contributed by atoms with van der Waals surface area (Å²) in [7, 11) is 0. The maximum absolute atomic E-state index is 11.5. The zero-order valence-electron chi connectivity index (χ0n) is 19.5. The molecule has 0 saturated carbocycles. The number of amides is 1. The Hall–Kier alpha value is -3.07. The molecule has 2 aromatic heterocycles. The van der Waals surface area contributed by atoms with Crippen LogP contribution in [0.3, 0.4) is 0 Å². The Kier molecular flexibility index (Phi) is 7.08. The van der Waals surface area contributed by atoms with E-state index in [0.29, 0.717) is 30.3 Å². The number of hydrogen-bond donors (Lipinski definition) is 2. The molecule has 174 valence electrons. The summed E-state index contributed by atoms with van der Waals surface area (Å²) in [6.45, 7) is 11.9. The second-order valence-electron chi connectivity index (χ2n) is 8.64. The molecular weight excluding hydrogens is 410 g/mol. The van der Waals surface area contributed by atoms with Gasteiger partial charge in [-0.1, -0.05) is 6.92 Å². The number of carbonyl (C=O) groups is 1. The Morgan fingerprint density at radius 1 is 1.25 bits per heavy atom. The molecule has 0 aliphatic heterocycles. The number of aromatic nitrogens is 3. The molecule has 0 radical (unpaired) electrons. The largest absolute Gasteiger partial charge is 0.492 e. The van der Waals surface area contributed by atoms with Crippen LogP contribution in [0, 0.1) is 0 Å². The highest BCUT2D eigenvalue weighted by molar-refractivity contribution is 6.07. The molecule has 1 aromatic carbocycles. The summed E-state index contributed by atoms with van der Waals surface area (Å²) in [6.07, 6.45) is -0.0335. The summed E-state index contributed by atoms with van der Waals surface area (Å²) < 4.78 is 13.7. The van der Waals surface area contributed by atoms with Gasteiger partial charge in [0, 0.05) is 24.1 Å². The van der Waals surface area contributed by atoms with Crippen molar-refractivity contribution >= 4 is 33.8 Å². The summed E-state index contributed by atoms with van der Waals surface area (Å²) in [5, 5.41) is 10.4. The van der Waals surface area contributed by atoms with Gasteiger partial charge in [-0.2, -0.15) is 0 Å². The summed E-state index contributed by atoms with van der Waals surface area (Å²) in [5.74, 6) is 1.84. The van der Waals surface area contributed by atoms with E-state index in [9.17, 15) is 9.90 Å². The Morgan fingerprint density at radius 3 is 2.62 bits per heavy atom. The first-order chi connectivity index (χ1) is 15.2. The minimum absolute atomic E-state index is 0.241. The highest BCUT2D eigenvalue weighted by atomic mass is 16.5. The summed E-state index contributed by atoms with van der Waals surface area (Å²) in [6, 6.07) is 5.61. The van der Waals surface area contributed by atoms with E-state index in [-0.39, 0.29) is 13.2 Å². The average molecular weight is 444 g/mol. The number of rotatable bonds is 9. The number of imidazole rings is 1. The average Bonchev–Trinajstić information content (AvgIpc) is 3.08. The second kappa shape index (κ2) is 9.60. The first-order valence-electron chi connectivity index (χ1n) is 11.0. The molecule has 0 atom stereocenters. The maximum atomic E-state index is 11.5. The topological polar surface area (TPSA) is 116 Å². The van der Waals surface area contributed by atoms with E-state index in [0.717, 1.165) is 35.2 Å². The lowest BCUT2D eigenvalue weighted by Crippen LogP contribution is -2.46. The molecule has 0 aliphatic rings. The van der Waals surface area contributed by atoms with Gasteiger partial charge < -0.3 is 29.8 Å². The standard InChI is InChI=1S/C23H33N5O4/c1-6-10-27-18(14-31-7-2)26-19-20(27)16-13-15(8-9-17(16)25-21(19)24)32-12-11-28(22(29)30)23(3,4)5/h8-9,13H,6-7,10-12,14H2,1-5H3,(H2,24,25)(H,29,30). The first kappa shape index (κ1) is 23.6. The summed E-state index contributed by atoms with van der Waals surface area (Å²) >= 11 is 0. The number of anilines is 1. The second-order valence-corrected chi connectivity index (χ2v) is 8.64. The van der Waals surface area contributed by atoms with Gasteiger partial charge in [0.05, 0.1) is 17.6 Å². The number of ether oxygens (including phenoxy) is 2. The summed E-state index contributed by atoms with van der Waals surface area (Å²) in [5.41, 5.74) is 8.05. The fourth-order valence-electron chi connectivity index (χ4n) is 3.77. The van der Waals surface area contributed by atoms with E-state index >= 15 is 0 Å². The highest BCUT2D eigenvalue weighted by Crippen LogP contribution is 2.31. The van der Waals surface area contributed by atoms with Gasteiger partial charge in [0.2, 0.25) is 0 Å². The van der Waals surface area contributed by atoms with Gasteiger partial charge in [0.25, 0.3) is 0 Å². The molecule has 1 amide bonds. The van der Waals surface area contributed by atoms with E-state index in [2.05, 4.69) is 16.5 Å². The zero-order valence-corrected chi connectivity index (χ0v) is 19.5. The smallest absolute Gasteiger partial charge is 0.407 e. The predicted octanol–water partition coefficient (Wildman–Crippen LogP) is 4.27. The normalized spacial score (nSPS) is 11.9. The van der Waals surface area contributed by atoms with Gasteiger partial charge in [0.1, 0.15) is 30.3 Å². The molecule has 0 unspecified atom stereocenters. The van der Waals surface area contributed by atoms with Gasteiger partial charge in [0.15, 0.2) is 5.82 Å². The van der Waals surface area contributed by atoms with Crippen LogP contribution >= 0.6 is 0 Å². The number of benzene rings is 1. The third-order valence-corrected chi connectivity index (χ3v) is 5.26. The minimum atomic E-state index is -0.966. The molecule has 3 aromatic rings. The number of fused-ring (bicyclic) bond motifs is 3. The molecule has 3 rings (SSSR count). The van der Waals surface area contributed by atoms with Gasteiger partial charge >= 0.3 is 6.09 Å². The van der Waals surface area contributed by atoms with Crippen molar-refractivity contribution < 1.29 is 19.4 Å². The van der Waals surface area contributed by atoms with E-state index in [1.165, 1.54) is 4.90 Å². The van der Waals surface area contributed by atoms with Crippen LogP contribution in [0.5, 0.6) is 5.75 Å². The minimum Gasteiger partial charge on any atom is -0.492 e. The van der Waals surface area contributed by atoms with Crippen LogP contribution in [-0.4, -0.2) is 55.9 Å². The van der Waals surface area contributed by atoms with Crippen molar-refractivity contribution in [3.8, 4) is 5.75 Å². The van der Waals surface area contributed by atoms with Crippen molar-refractivity contribution in [2.45, 2.75) is 59.7 Å². The molecular formula is C23H33N5O4. The van der Waals surface area contributed by atoms with E-state index in [1.54, 1.807) is 0 Å². The third-order valence-electron chi connectivity index (χ3n) is 5.26. The van der Waals surface area contributed by atoms with Crippen molar-refractivity contribution in [1.29, 1.82) is 0 Å². The molecule has 0 saturated heterocycles. The van der Waals surface area contributed by atoms with Crippen LogP contribution in [0.15, 0.2) is 18.2 Å². The van der Waals surface area contributed by atoms with E-state index in [4.69, 9.17) is 20.2 Å². The van der Waals surface area contributed by atoms with E-state index < -0.39 is 11.6 Å². The number of carboxylic acid groups (broad SMARTS) is 1. The van der Waals surface area contributed by atoms with Crippen molar-refractivity contribution in [3.63, 3.8) is 0 Å². The molecule has 0 aliphatic carbocycles. The fourth-order valence-corrected chi connectivity index (χ4v) is 3.77. The van der Waals surface area contributed by atoms with Crippen molar-refractivity contribution in [1.82, 2.24) is 19.4 Å². The SMILES string of the molecule is CCCn1c(COCC)nc2c(N)nc3ccc(OCCN(C(=O)O)C(C)(C)C)cc3c21. The molecule has 3 N–H and O–H groups in total. The molecule has 2 heterocycles. The van der Waals surface area contributed by atoms with Gasteiger partial charge in [-0.3, -0.25) is 0 Å². The van der Waals surface area contributed by atoms with Crippen LogP contribution in [0.4, 0.5) is 10.6 Å². The quantitative estimate of drug-likeness (QED) is 0.507. The molecule has 0 bridgehead atoms. The van der Waals surface area contributed by atoms with Gasteiger partial charge in [-0.15, -0.1) is 0 Å². The molecule has 32 heavy (non-hydrogen) atoms. The number of pyridine rings is 1. The van der Waals surface area contributed by atoms with Crippen LogP contribution in [0.2, 0.25) is 0 Å². The maximum Gasteiger partial charge on any atom is 0.407 e. The van der Waals surface area contributed by atoms with Crippen LogP contribution in [0.25, 0.3) is 21.9 Å². The number of aryl methyl sites for hydroxylation is 1. The predicted molar refractivity (Wildman–Crippen MR) is 125 cm³/mol. The Balaban J connectivity index is 1.97. The number of nitrogens with two attached hydrogens (primary N) is 1. The van der Waals surface area contributed by atoms with Crippen LogP contribution in [-0.2, 0) is 17.9 Å². The Bertz CT molecular complexity index is 1100. The number of nitrogens with zero attached hydrogens (tertiary/aromatic N) is 4. The number of hydrogen-bond acceptors (Lipinski definition) is 6. The summed E-state index contributed by atoms with van der Waals surface area (Å²) in [4.78, 5) is 22.2. The first-order valence-corrected chi connectivity index (χ1v) is 11.0. The van der Waals surface area contributed by atoms with Crippen molar-refractivity contribution in [2.24, 2.45) is 0 Å². The lowest BCUT2D eigenvalue weighted by atomic mass is 10.1. The number of nitrogen functional groups attached to an aromatic ring is 1. The lowest BCUT2D eigenvalue weighted by molar-refractivity contribution is 0.0892. The Morgan fingerprint density at radius 2 is 2.00 bits per heavy atom. The van der Waals surface area contributed by atoms with Crippen LogP contribution in [0.1, 0.15) is 46.9 Å². The molecule has 0 fully saturated rings. The van der Waals surface area contributed by atoms with Crippen molar-refractivity contribution in [2.75, 3.05) is 25.5 Å². The lowest BCUT2D eigenvalue weighted by Gasteiger charge is -2.32. The fraction of sp³-hybridized carbons (Fsp3) is 0.522. The third kappa shape index (κ3) is 4.88. The Labute approximate surface area is 188 Å². The van der Waals surface area contributed by atoms with Crippen LogP contribution < -0.4 is 10.5 Å². The zero-order chi connectivity index (χ0) is 23.5. The van der Waals surface area contributed by atoms with Gasteiger partial charge in [-0.05, 0) is 52.3 Å². The monoisotopic (exact) mass is 443 g/mol. The van der Waals surface area contributed by atoms with Gasteiger partial charge in [-0.25, -0.2) is 14.8 Å².